The maximum atomic E-state index is 2.46. The van der Waals surface area contributed by atoms with Gasteiger partial charge in [0.2, 0.25) is 0 Å². The summed E-state index contributed by atoms with van der Waals surface area (Å²) in [6.07, 6.45) is 13.6. The Balaban J connectivity index is 1.04. The van der Waals surface area contributed by atoms with Crippen LogP contribution in [0.3, 0.4) is 0 Å². The van der Waals surface area contributed by atoms with E-state index < -0.39 is 0 Å². The molecule has 0 aliphatic heterocycles. The first-order valence-corrected chi connectivity index (χ1v) is 23.0. The molecular weight excluding hydrogens is 723 g/mol. The summed E-state index contributed by atoms with van der Waals surface area (Å²) in [6, 6.07) is 54.6. The summed E-state index contributed by atoms with van der Waals surface area (Å²) in [7, 11) is 0. The van der Waals surface area contributed by atoms with Crippen molar-refractivity contribution < 1.29 is 0 Å². The zero-order chi connectivity index (χ0) is 41.8. The Morgan fingerprint density at radius 2 is 1.02 bits per heavy atom. The van der Waals surface area contributed by atoms with E-state index in [-0.39, 0.29) is 5.41 Å². The monoisotopic (exact) mass is 788 g/mol. The van der Waals surface area contributed by atoms with E-state index in [4.69, 9.17) is 0 Å². The maximum absolute atomic E-state index is 2.46. The quantitative estimate of drug-likeness (QED) is 0.100. The van der Waals surface area contributed by atoms with E-state index in [0.717, 1.165) is 29.6 Å². The Morgan fingerprint density at radius 3 is 1.53 bits per heavy atom. The van der Waals surface area contributed by atoms with Gasteiger partial charge in [0.1, 0.15) is 0 Å². The molecule has 8 rings (SSSR count). The fourth-order valence-corrected chi connectivity index (χ4v) is 10.6. The zero-order valence-corrected chi connectivity index (χ0v) is 37.2. The van der Waals surface area contributed by atoms with E-state index in [2.05, 4.69) is 211 Å². The molecule has 6 aromatic carbocycles. The van der Waals surface area contributed by atoms with Crippen molar-refractivity contribution >= 4 is 22.6 Å². The smallest absolute Gasteiger partial charge is 0.0465 e. The van der Waals surface area contributed by atoms with Gasteiger partial charge in [-0.3, -0.25) is 0 Å². The molecule has 0 saturated heterocycles. The van der Waals surface area contributed by atoms with Gasteiger partial charge in [-0.1, -0.05) is 189 Å². The number of hydrogen-bond acceptors (Lipinski definition) is 1. The summed E-state index contributed by atoms with van der Waals surface area (Å²) in [5.74, 6) is 2.85. The van der Waals surface area contributed by atoms with Crippen LogP contribution in [0.2, 0.25) is 0 Å². The lowest BCUT2D eigenvalue weighted by Gasteiger charge is -2.31. The second-order valence-electron chi connectivity index (χ2n) is 18.2. The van der Waals surface area contributed by atoms with Crippen LogP contribution in [0.25, 0.3) is 39.0 Å². The van der Waals surface area contributed by atoms with E-state index in [9.17, 15) is 0 Å². The summed E-state index contributed by atoms with van der Waals surface area (Å²) in [5.41, 5.74) is 18.2. The van der Waals surface area contributed by atoms with Gasteiger partial charge in [-0.15, -0.1) is 0 Å². The topological polar surface area (TPSA) is 3.24 Å². The number of anilines is 3. The van der Waals surface area contributed by atoms with Crippen LogP contribution in [0.1, 0.15) is 116 Å². The third-order valence-corrected chi connectivity index (χ3v) is 14.3. The Labute approximate surface area is 361 Å². The first kappa shape index (κ1) is 41.3. The Morgan fingerprint density at radius 1 is 0.533 bits per heavy atom. The SMILES string of the molecule is CCC(CC)CC(CC)CC(CC)c1ccc(-c2ccc(-c3ccc(N(c4ccc(-c5ccccc5)cc4)c4ccc5c(c4)C(C)(C)C4=C5C=CCC4C)cc3)cc2)cc1. The predicted molar refractivity (Wildman–Crippen MR) is 260 cm³/mol. The summed E-state index contributed by atoms with van der Waals surface area (Å²) < 4.78 is 0. The molecular formula is C59H65N. The highest BCUT2D eigenvalue weighted by atomic mass is 15.1. The van der Waals surface area contributed by atoms with Crippen molar-refractivity contribution in [2.75, 3.05) is 4.90 Å². The molecule has 0 bridgehead atoms. The Kier molecular flexibility index (Phi) is 12.4. The van der Waals surface area contributed by atoms with Crippen molar-refractivity contribution in [2.45, 2.75) is 105 Å². The van der Waals surface area contributed by atoms with Gasteiger partial charge in [-0.25, -0.2) is 0 Å². The second-order valence-corrected chi connectivity index (χ2v) is 18.2. The van der Waals surface area contributed by atoms with Crippen LogP contribution >= 0.6 is 0 Å². The van der Waals surface area contributed by atoms with E-state index in [1.165, 1.54) is 99.9 Å². The van der Waals surface area contributed by atoms with Crippen molar-refractivity contribution in [1.29, 1.82) is 0 Å². The van der Waals surface area contributed by atoms with E-state index in [0.29, 0.717) is 11.8 Å². The molecule has 6 aromatic rings. The number of fused-ring (bicyclic) bond motifs is 2. The van der Waals surface area contributed by atoms with Crippen molar-refractivity contribution in [3.63, 3.8) is 0 Å². The van der Waals surface area contributed by atoms with Gasteiger partial charge in [0.05, 0.1) is 0 Å². The first-order valence-electron chi connectivity index (χ1n) is 23.0. The molecule has 1 nitrogen and oxygen atoms in total. The van der Waals surface area contributed by atoms with Gasteiger partial charge in [0, 0.05) is 22.5 Å². The number of nitrogens with zero attached hydrogens (tertiary/aromatic N) is 1. The second kappa shape index (κ2) is 18.1. The molecule has 0 fully saturated rings. The number of allylic oxidation sites excluding steroid dienone is 4. The van der Waals surface area contributed by atoms with Crippen LogP contribution in [-0.2, 0) is 5.41 Å². The standard InChI is InChI=1S/C59H65N/c1-8-42(9-2)38-43(10-3)39-44(11-4)46-20-22-47(23-21-46)48-24-26-49(27-25-48)51-30-34-53(35-31-51)60(52-32-28-50(29-33-52)45-17-13-12-14-18-45)54-36-37-55-56-19-15-16-41(5)58(56)59(6,7)57(55)40-54/h12-15,17-37,40-44H,8-11,16,38-39H2,1-7H3. The lowest BCUT2D eigenvalue weighted by Crippen LogP contribution is -2.22. The van der Waals surface area contributed by atoms with Crippen LogP contribution < -0.4 is 4.90 Å². The fourth-order valence-electron chi connectivity index (χ4n) is 10.6. The summed E-state index contributed by atoms with van der Waals surface area (Å²) in [6.45, 7) is 16.7. The Bertz CT molecular complexity index is 2410. The van der Waals surface area contributed by atoms with Crippen molar-refractivity contribution in [3.8, 4) is 33.4 Å². The largest absolute Gasteiger partial charge is 0.310 e. The lowest BCUT2D eigenvalue weighted by molar-refractivity contribution is 0.310. The van der Waals surface area contributed by atoms with Gasteiger partial charge in [0.25, 0.3) is 0 Å². The van der Waals surface area contributed by atoms with Gasteiger partial charge >= 0.3 is 0 Å². The number of hydrogen-bond donors (Lipinski definition) is 0. The molecule has 0 heterocycles. The van der Waals surface area contributed by atoms with E-state index >= 15 is 0 Å². The van der Waals surface area contributed by atoms with Crippen LogP contribution in [0.5, 0.6) is 0 Å². The molecule has 3 unspecified atom stereocenters. The van der Waals surface area contributed by atoms with E-state index in [1.54, 1.807) is 5.57 Å². The summed E-state index contributed by atoms with van der Waals surface area (Å²) in [5, 5.41) is 0. The minimum Gasteiger partial charge on any atom is -0.310 e. The zero-order valence-electron chi connectivity index (χ0n) is 37.2. The number of benzene rings is 6. The summed E-state index contributed by atoms with van der Waals surface area (Å²) >= 11 is 0. The highest BCUT2D eigenvalue weighted by Crippen LogP contribution is 2.53. The predicted octanol–water partition coefficient (Wildman–Crippen LogP) is 17.5. The molecule has 1 heteroatoms. The van der Waals surface area contributed by atoms with Gasteiger partial charge in [0.15, 0.2) is 0 Å². The fraction of sp³-hybridized carbons (Fsp3) is 0.322. The Hall–Kier alpha value is -5.40. The molecule has 2 aliphatic rings. The van der Waals surface area contributed by atoms with Gasteiger partial charge in [-0.2, -0.15) is 0 Å². The number of rotatable bonds is 15. The lowest BCUT2D eigenvalue weighted by atomic mass is 9.74. The summed E-state index contributed by atoms with van der Waals surface area (Å²) in [4.78, 5) is 2.43. The molecule has 0 aromatic heterocycles. The van der Waals surface area contributed by atoms with Gasteiger partial charge < -0.3 is 4.90 Å². The molecule has 306 valence electrons. The maximum Gasteiger partial charge on any atom is 0.0465 e. The third-order valence-electron chi connectivity index (χ3n) is 14.3. The molecule has 0 radical (unpaired) electrons. The highest BCUT2D eigenvalue weighted by Gasteiger charge is 2.40. The van der Waals surface area contributed by atoms with Crippen molar-refractivity contribution in [1.82, 2.24) is 0 Å². The third kappa shape index (κ3) is 8.34. The first-order chi connectivity index (χ1) is 29.2. The molecule has 2 aliphatic carbocycles. The molecule has 3 atom stereocenters. The van der Waals surface area contributed by atoms with Gasteiger partial charge in [-0.05, 0) is 147 Å². The van der Waals surface area contributed by atoms with Crippen molar-refractivity contribution in [2.24, 2.45) is 17.8 Å². The molecule has 0 saturated carbocycles. The van der Waals surface area contributed by atoms with Crippen LogP contribution in [0.4, 0.5) is 17.1 Å². The molecule has 60 heavy (non-hydrogen) atoms. The van der Waals surface area contributed by atoms with E-state index in [1.807, 2.05) is 0 Å². The normalized spacial score (nSPS) is 16.4. The van der Waals surface area contributed by atoms with Crippen LogP contribution in [0.15, 0.2) is 163 Å². The van der Waals surface area contributed by atoms with Crippen molar-refractivity contribution in [3.05, 3.63) is 180 Å². The highest BCUT2D eigenvalue weighted by molar-refractivity contribution is 5.89. The molecule has 0 amide bonds. The molecule has 0 N–H and O–H groups in total. The average molecular weight is 788 g/mol. The average Bonchev–Trinajstić information content (AvgIpc) is 3.53. The molecule has 0 spiro atoms. The minimum atomic E-state index is -0.0194. The van der Waals surface area contributed by atoms with Crippen LogP contribution in [-0.4, -0.2) is 0 Å². The minimum absolute atomic E-state index is 0.0194. The van der Waals surface area contributed by atoms with Crippen LogP contribution in [0, 0.1) is 17.8 Å².